The van der Waals surface area contributed by atoms with Crippen LogP contribution in [0.15, 0.2) is 23.7 Å². The number of hydrogen-bond acceptors (Lipinski definition) is 6. The van der Waals surface area contributed by atoms with E-state index >= 15 is 0 Å². The SMILES string of the molecule is C=C(N)NC[C@H]1CCN(CC2=C(C(=O)O)N3C(=O)C([C@@H](C)O)C3[C@H]2C)C1. The number of carbonyl (C=O) groups excluding carboxylic acids is 1. The third kappa shape index (κ3) is 3.07. The summed E-state index contributed by atoms with van der Waals surface area (Å²) in [4.78, 5) is 27.8. The molecule has 8 heteroatoms. The van der Waals surface area contributed by atoms with Crippen LogP contribution in [0.25, 0.3) is 0 Å². The van der Waals surface area contributed by atoms with Gasteiger partial charge < -0.3 is 26.2 Å². The molecule has 5 N–H and O–H groups in total. The van der Waals surface area contributed by atoms with Gasteiger partial charge in [-0.1, -0.05) is 13.5 Å². The maximum atomic E-state index is 12.4. The Morgan fingerprint density at radius 1 is 1.50 bits per heavy atom. The van der Waals surface area contributed by atoms with Crippen molar-refractivity contribution in [1.82, 2.24) is 15.1 Å². The number of fused-ring (bicyclic) bond motifs is 1. The Morgan fingerprint density at radius 3 is 2.77 bits per heavy atom. The molecule has 2 fully saturated rings. The highest BCUT2D eigenvalue weighted by Crippen LogP contribution is 2.47. The fraction of sp³-hybridized carbons (Fsp3) is 0.667. The van der Waals surface area contributed by atoms with E-state index in [1.54, 1.807) is 6.92 Å². The zero-order valence-corrected chi connectivity index (χ0v) is 15.3. The lowest BCUT2D eigenvalue weighted by atomic mass is 9.77. The van der Waals surface area contributed by atoms with E-state index in [1.807, 2.05) is 6.92 Å². The lowest BCUT2D eigenvalue weighted by Crippen LogP contribution is -2.63. The van der Waals surface area contributed by atoms with E-state index in [0.29, 0.717) is 18.3 Å². The summed E-state index contributed by atoms with van der Waals surface area (Å²) in [5.74, 6) is -1.04. The minimum absolute atomic E-state index is 0.0700. The Bertz CT molecular complexity index is 660. The van der Waals surface area contributed by atoms with E-state index in [4.69, 9.17) is 5.73 Å². The molecule has 0 aromatic carbocycles. The van der Waals surface area contributed by atoms with E-state index < -0.39 is 18.0 Å². The number of carbonyl (C=O) groups is 2. The monoisotopic (exact) mass is 364 g/mol. The molecule has 3 rings (SSSR count). The predicted molar refractivity (Wildman–Crippen MR) is 95.5 cm³/mol. The molecule has 0 bridgehead atoms. The predicted octanol–water partition coefficient (Wildman–Crippen LogP) is -0.476. The van der Waals surface area contributed by atoms with Gasteiger partial charge in [0.05, 0.1) is 23.9 Å². The molecule has 144 valence electrons. The average molecular weight is 364 g/mol. The summed E-state index contributed by atoms with van der Waals surface area (Å²) in [6.45, 7) is 10.2. The Balaban J connectivity index is 1.72. The molecule has 26 heavy (non-hydrogen) atoms. The molecule has 8 nitrogen and oxygen atoms in total. The summed E-state index contributed by atoms with van der Waals surface area (Å²) in [6, 6.07) is -0.246. The van der Waals surface area contributed by atoms with Crippen LogP contribution in [0.3, 0.4) is 0 Å². The average Bonchev–Trinajstić information content (AvgIpc) is 3.08. The maximum absolute atomic E-state index is 12.4. The highest BCUT2D eigenvalue weighted by Gasteiger charge is 2.59. The standard InChI is InChI=1S/C18H28N4O4/c1-9-13(8-21-5-4-12(7-21)6-20-11(3)19)16(18(25)26)22-15(9)14(10(2)23)17(22)24/h9-10,12,14-15,20,23H,3-8,19H2,1-2H3,(H,25,26)/t9-,10+,12+,14?,15?/m0/s1. The molecular weight excluding hydrogens is 336 g/mol. The van der Waals surface area contributed by atoms with Gasteiger partial charge in [-0.15, -0.1) is 0 Å². The number of β-lactam (4-membered cyclic amide) rings is 1. The number of aliphatic carboxylic acids is 1. The van der Waals surface area contributed by atoms with Crippen LogP contribution in [0.2, 0.25) is 0 Å². The quantitative estimate of drug-likeness (QED) is 0.451. The summed E-state index contributed by atoms with van der Waals surface area (Å²) in [6.07, 6.45) is 0.236. The Labute approximate surface area is 153 Å². The van der Waals surface area contributed by atoms with Crippen LogP contribution in [-0.4, -0.2) is 70.2 Å². The van der Waals surface area contributed by atoms with Crippen molar-refractivity contribution in [2.75, 3.05) is 26.2 Å². The summed E-state index contributed by atoms with van der Waals surface area (Å²) in [5.41, 5.74) is 6.45. The van der Waals surface area contributed by atoms with Crippen molar-refractivity contribution in [2.24, 2.45) is 23.5 Å². The van der Waals surface area contributed by atoms with Crippen molar-refractivity contribution >= 4 is 11.9 Å². The molecule has 5 atom stereocenters. The number of carboxylic acid groups (broad SMARTS) is 1. The number of hydrogen-bond donors (Lipinski definition) is 4. The maximum Gasteiger partial charge on any atom is 0.352 e. The smallest absolute Gasteiger partial charge is 0.352 e. The Hall–Kier alpha value is -2.06. The van der Waals surface area contributed by atoms with E-state index in [9.17, 15) is 19.8 Å². The second-order valence-electron chi connectivity index (χ2n) is 7.73. The summed E-state index contributed by atoms with van der Waals surface area (Å²) in [5, 5.41) is 22.6. The highest BCUT2D eigenvalue weighted by molar-refractivity contribution is 6.00. The van der Waals surface area contributed by atoms with Crippen LogP contribution in [0.5, 0.6) is 0 Å². The minimum atomic E-state index is -1.07. The first-order chi connectivity index (χ1) is 12.2. The minimum Gasteiger partial charge on any atom is -0.477 e. The first kappa shape index (κ1) is 18.7. The van der Waals surface area contributed by atoms with Crippen LogP contribution >= 0.6 is 0 Å². The molecular formula is C18H28N4O4. The zero-order valence-electron chi connectivity index (χ0n) is 15.3. The van der Waals surface area contributed by atoms with Crippen molar-refractivity contribution < 1.29 is 19.8 Å². The number of nitrogens with zero attached hydrogens (tertiary/aromatic N) is 2. The van der Waals surface area contributed by atoms with Crippen molar-refractivity contribution in [3.8, 4) is 0 Å². The zero-order chi connectivity index (χ0) is 19.2. The van der Waals surface area contributed by atoms with Gasteiger partial charge in [-0.3, -0.25) is 9.69 Å². The van der Waals surface area contributed by atoms with Crippen LogP contribution in [0.1, 0.15) is 20.3 Å². The molecule has 2 unspecified atom stereocenters. The second kappa shape index (κ2) is 6.92. The Morgan fingerprint density at radius 2 is 2.19 bits per heavy atom. The molecule has 0 saturated carbocycles. The fourth-order valence-electron chi connectivity index (χ4n) is 4.59. The van der Waals surface area contributed by atoms with Crippen molar-refractivity contribution in [3.05, 3.63) is 23.7 Å². The molecule has 1 amide bonds. The first-order valence-corrected chi connectivity index (χ1v) is 9.10. The van der Waals surface area contributed by atoms with Gasteiger partial charge in [-0.25, -0.2) is 4.79 Å². The van der Waals surface area contributed by atoms with Gasteiger partial charge in [0.25, 0.3) is 0 Å². The summed E-state index contributed by atoms with van der Waals surface area (Å²) in [7, 11) is 0. The highest BCUT2D eigenvalue weighted by atomic mass is 16.4. The third-order valence-electron chi connectivity index (χ3n) is 5.90. The molecule has 0 radical (unpaired) electrons. The lowest BCUT2D eigenvalue weighted by molar-refractivity contribution is -0.163. The van der Waals surface area contributed by atoms with Gasteiger partial charge in [-0.2, -0.15) is 0 Å². The topological polar surface area (TPSA) is 119 Å². The van der Waals surface area contributed by atoms with Gasteiger partial charge in [0.15, 0.2) is 0 Å². The van der Waals surface area contributed by atoms with E-state index in [2.05, 4.69) is 16.8 Å². The lowest BCUT2D eigenvalue weighted by Gasteiger charge is -2.46. The number of nitrogens with two attached hydrogens (primary N) is 1. The number of nitrogens with one attached hydrogen (secondary N) is 1. The number of likely N-dealkylation sites (tertiary alicyclic amines) is 1. The van der Waals surface area contributed by atoms with Gasteiger partial charge in [0.2, 0.25) is 5.91 Å². The van der Waals surface area contributed by atoms with Crippen LogP contribution in [0, 0.1) is 17.8 Å². The van der Waals surface area contributed by atoms with E-state index in [0.717, 1.165) is 31.6 Å². The van der Waals surface area contributed by atoms with Gasteiger partial charge in [0.1, 0.15) is 5.70 Å². The van der Waals surface area contributed by atoms with Crippen LogP contribution < -0.4 is 11.1 Å². The number of rotatable bonds is 7. The molecule has 2 saturated heterocycles. The fourth-order valence-corrected chi connectivity index (χ4v) is 4.59. The molecule has 0 aliphatic carbocycles. The Kier molecular flexibility index (Phi) is 4.98. The second-order valence-corrected chi connectivity index (χ2v) is 7.73. The number of aliphatic hydroxyl groups excluding tert-OH is 1. The van der Waals surface area contributed by atoms with Crippen molar-refractivity contribution in [2.45, 2.75) is 32.4 Å². The molecule has 3 aliphatic heterocycles. The summed E-state index contributed by atoms with van der Waals surface area (Å²) >= 11 is 0. The van der Waals surface area contributed by atoms with Crippen LogP contribution in [0.4, 0.5) is 0 Å². The number of aliphatic hydroxyl groups is 1. The largest absolute Gasteiger partial charge is 0.477 e. The molecule has 3 aliphatic rings. The van der Waals surface area contributed by atoms with Gasteiger partial charge in [0, 0.05) is 25.6 Å². The number of amides is 1. The normalized spacial score (nSPS) is 32.4. The molecule has 0 aromatic heterocycles. The van der Waals surface area contributed by atoms with Gasteiger partial charge in [-0.05, 0) is 31.4 Å². The van der Waals surface area contributed by atoms with E-state index in [1.165, 1.54) is 4.90 Å². The molecule has 0 spiro atoms. The van der Waals surface area contributed by atoms with E-state index in [-0.39, 0.29) is 23.6 Å². The first-order valence-electron chi connectivity index (χ1n) is 9.10. The van der Waals surface area contributed by atoms with Crippen LogP contribution in [-0.2, 0) is 9.59 Å². The van der Waals surface area contributed by atoms with Crippen molar-refractivity contribution in [3.63, 3.8) is 0 Å². The molecule has 0 aromatic rings. The summed E-state index contributed by atoms with van der Waals surface area (Å²) < 4.78 is 0. The molecule has 3 heterocycles. The van der Waals surface area contributed by atoms with Crippen molar-refractivity contribution in [1.29, 1.82) is 0 Å². The van der Waals surface area contributed by atoms with Gasteiger partial charge >= 0.3 is 5.97 Å². The third-order valence-corrected chi connectivity index (χ3v) is 5.90. The number of carboxylic acids is 1.